The summed E-state index contributed by atoms with van der Waals surface area (Å²) in [4.78, 5) is 28.8. The van der Waals surface area contributed by atoms with Gasteiger partial charge in [-0.3, -0.25) is 14.5 Å². The standard InChI is InChI=1S/C28H31F2N5O2/c1-33(2)26(37)21-7-3-20(4-8-21)16-34-13-14-35-23(11-12-24(35)27(34)17-28(29,30)18-27)25(36)32-15-19-5-9-22(31)10-6-19/h3-12H,13-18,31H2,1-2H3,(H,32,36). The molecule has 1 aromatic heterocycles. The highest BCUT2D eigenvalue weighted by molar-refractivity contribution is 5.94. The second kappa shape index (κ2) is 9.30. The lowest BCUT2D eigenvalue weighted by Gasteiger charge is -2.56. The van der Waals surface area contributed by atoms with Crippen LogP contribution in [0.5, 0.6) is 0 Å². The summed E-state index contributed by atoms with van der Waals surface area (Å²) in [7, 11) is 3.40. The molecule has 9 heteroatoms. The van der Waals surface area contributed by atoms with Gasteiger partial charge in [0.15, 0.2) is 0 Å². The van der Waals surface area contributed by atoms with Gasteiger partial charge in [0.1, 0.15) is 5.69 Å². The molecule has 0 atom stereocenters. The second-order valence-corrected chi connectivity index (χ2v) is 10.2. The lowest BCUT2D eigenvalue weighted by molar-refractivity contribution is -0.192. The average molecular weight is 508 g/mol. The zero-order chi connectivity index (χ0) is 26.4. The van der Waals surface area contributed by atoms with E-state index in [1.165, 1.54) is 4.90 Å². The molecule has 0 saturated heterocycles. The molecule has 5 rings (SSSR count). The number of hydrogen-bond acceptors (Lipinski definition) is 4. The van der Waals surface area contributed by atoms with Crippen LogP contribution in [0.3, 0.4) is 0 Å². The Morgan fingerprint density at radius 1 is 0.946 bits per heavy atom. The fourth-order valence-corrected chi connectivity index (χ4v) is 5.49. The van der Waals surface area contributed by atoms with Crippen molar-refractivity contribution in [3.05, 3.63) is 88.7 Å². The third-order valence-electron chi connectivity index (χ3n) is 7.40. The monoisotopic (exact) mass is 507 g/mol. The first-order valence-electron chi connectivity index (χ1n) is 12.3. The Balaban J connectivity index is 1.35. The number of nitrogen functional groups attached to an aromatic ring is 1. The van der Waals surface area contributed by atoms with Crippen molar-refractivity contribution in [1.29, 1.82) is 0 Å². The highest BCUT2D eigenvalue weighted by Crippen LogP contribution is 2.57. The first-order chi connectivity index (χ1) is 17.6. The summed E-state index contributed by atoms with van der Waals surface area (Å²) in [5.74, 6) is -3.07. The van der Waals surface area contributed by atoms with Gasteiger partial charge in [-0.25, -0.2) is 8.78 Å². The van der Waals surface area contributed by atoms with Crippen molar-refractivity contribution in [1.82, 2.24) is 19.7 Å². The number of benzene rings is 2. The van der Waals surface area contributed by atoms with Gasteiger partial charge in [0.05, 0.1) is 5.54 Å². The number of aromatic nitrogens is 1. The first kappa shape index (κ1) is 25.0. The van der Waals surface area contributed by atoms with Crippen LogP contribution < -0.4 is 11.1 Å². The number of nitrogens with zero attached hydrogens (tertiary/aromatic N) is 3. The van der Waals surface area contributed by atoms with Gasteiger partial charge in [0.25, 0.3) is 17.7 Å². The minimum Gasteiger partial charge on any atom is -0.399 e. The lowest BCUT2D eigenvalue weighted by atomic mass is 9.68. The highest BCUT2D eigenvalue weighted by Gasteiger charge is 2.62. The number of nitrogens with two attached hydrogens (primary N) is 1. The van der Waals surface area contributed by atoms with Crippen LogP contribution in [0, 0.1) is 0 Å². The zero-order valence-electron chi connectivity index (χ0n) is 21.0. The third-order valence-corrected chi connectivity index (χ3v) is 7.40. The van der Waals surface area contributed by atoms with Gasteiger partial charge in [-0.1, -0.05) is 24.3 Å². The molecule has 3 aromatic rings. The summed E-state index contributed by atoms with van der Waals surface area (Å²) in [5.41, 5.74) is 9.23. The highest BCUT2D eigenvalue weighted by atomic mass is 19.3. The molecule has 0 bridgehead atoms. The lowest BCUT2D eigenvalue weighted by Crippen LogP contribution is -2.63. The van der Waals surface area contributed by atoms with E-state index in [9.17, 15) is 18.4 Å². The van der Waals surface area contributed by atoms with Crippen molar-refractivity contribution in [2.45, 2.75) is 43.9 Å². The molecule has 37 heavy (non-hydrogen) atoms. The third kappa shape index (κ3) is 4.71. The van der Waals surface area contributed by atoms with E-state index in [4.69, 9.17) is 5.73 Å². The number of fused-ring (bicyclic) bond motifs is 2. The van der Waals surface area contributed by atoms with E-state index >= 15 is 0 Å². The first-order valence-corrected chi connectivity index (χ1v) is 12.3. The minimum atomic E-state index is -2.75. The molecule has 2 aromatic carbocycles. The number of carbonyl (C=O) groups is 2. The molecule has 0 unspecified atom stereocenters. The molecule has 1 fully saturated rings. The van der Waals surface area contributed by atoms with Crippen LogP contribution in [-0.4, -0.2) is 52.7 Å². The van der Waals surface area contributed by atoms with E-state index < -0.39 is 11.5 Å². The fraction of sp³-hybridized carbons (Fsp3) is 0.357. The minimum absolute atomic E-state index is 0.0837. The Labute approximate surface area is 214 Å². The molecule has 2 heterocycles. The molecule has 194 valence electrons. The van der Waals surface area contributed by atoms with Gasteiger partial charge < -0.3 is 20.5 Å². The maximum atomic E-state index is 14.3. The number of hydrogen-bond donors (Lipinski definition) is 2. The summed E-state index contributed by atoms with van der Waals surface area (Å²) >= 11 is 0. The molecular weight excluding hydrogens is 476 g/mol. The number of halogens is 2. The van der Waals surface area contributed by atoms with Gasteiger partial charge in [0.2, 0.25) is 0 Å². The largest absolute Gasteiger partial charge is 0.399 e. The smallest absolute Gasteiger partial charge is 0.268 e. The summed E-state index contributed by atoms with van der Waals surface area (Å²) in [6.45, 7) is 1.89. The molecule has 1 aliphatic carbocycles. The number of anilines is 1. The van der Waals surface area contributed by atoms with E-state index in [0.29, 0.717) is 43.1 Å². The average Bonchev–Trinajstić information content (AvgIpc) is 3.29. The van der Waals surface area contributed by atoms with Crippen molar-refractivity contribution in [2.75, 3.05) is 26.4 Å². The molecule has 2 aliphatic rings. The molecule has 0 radical (unpaired) electrons. The number of amides is 2. The normalized spacial score (nSPS) is 17.6. The zero-order valence-corrected chi connectivity index (χ0v) is 21.0. The summed E-state index contributed by atoms with van der Waals surface area (Å²) < 4.78 is 30.5. The number of rotatable bonds is 6. The quantitative estimate of drug-likeness (QED) is 0.497. The van der Waals surface area contributed by atoms with Crippen molar-refractivity contribution in [3.63, 3.8) is 0 Å². The van der Waals surface area contributed by atoms with Crippen LogP contribution in [0.15, 0.2) is 60.7 Å². The molecule has 1 spiro atoms. The maximum absolute atomic E-state index is 14.3. The molecule has 1 aliphatic heterocycles. The van der Waals surface area contributed by atoms with E-state index in [2.05, 4.69) is 10.2 Å². The predicted octanol–water partition coefficient (Wildman–Crippen LogP) is 3.84. The number of carbonyl (C=O) groups excluding carboxylic acids is 2. The molecule has 1 saturated carbocycles. The van der Waals surface area contributed by atoms with Gasteiger partial charge in [-0.2, -0.15) is 0 Å². The summed E-state index contributed by atoms with van der Waals surface area (Å²) in [5, 5.41) is 2.93. The van der Waals surface area contributed by atoms with Crippen LogP contribution in [0.1, 0.15) is 50.5 Å². The van der Waals surface area contributed by atoms with E-state index in [1.807, 2.05) is 34.9 Å². The SMILES string of the molecule is CN(C)C(=O)c1ccc(CN2CCn3c(C(=O)NCc4ccc(N)cc4)ccc3C23CC(F)(F)C3)cc1. The van der Waals surface area contributed by atoms with Crippen molar-refractivity contribution >= 4 is 17.5 Å². The number of nitrogens with one attached hydrogen (secondary N) is 1. The molecule has 7 nitrogen and oxygen atoms in total. The van der Waals surface area contributed by atoms with E-state index in [-0.39, 0.29) is 24.7 Å². The van der Waals surface area contributed by atoms with Gasteiger partial charge in [-0.15, -0.1) is 0 Å². The van der Waals surface area contributed by atoms with E-state index in [1.54, 1.807) is 44.4 Å². The van der Waals surface area contributed by atoms with E-state index in [0.717, 1.165) is 16.8 Å². The van der Waals surface area contributed by atoms with Crippen LogP contribution in [0.4, 0.5) is 14.5 Å². The number of alkyl halides is 2. The Morgan fingerprint density at radius 3 is 2.22 bits per heavy atom. The van der Waals surface area contributed by atoms with Gasteiger partial charge in [-0.05, 0) is 47.5 Å². The van der Waals surface area contributed by atoms with Crippen LogP contribution >= 0.6 is 0 Å². The van der Waals surface area contributed by atoms with Crippen molar-refractivity contribution in [2.24, 2.45) is 0 Å². The van der Waals surface area contributed by atoms with Crippen LogP contribution in [0.25, 0.3) is 0 Å². The fourth-order valence-electron chi connectivity index (χ4n) is 5.49. The van der Waals surface area contributed by atoms with Crippen LogP contribution in [-0.2, 0) is 25.2 Å². The van der Waals surface area contributed by atoms with Gasteiger partial charge >= 0.3 is 0 Å². The second-order valence-electron chi connectivity index (χ2n) is 10.2. The summed E-state index contributed by atoms with van der Waals surface area (Å²) in [6, 6.07) is 18.1. The molecule has 2 amide bonds. The Bertz CT molecular complexity index is 1310. The van der Waals surface area contributed by atoms with Gasteiger partial charge in [0, 0.05) is 70.1 Å². The van der Waals surface area contributed by atoms with Crippen LogP contribution in [0.2, 0.25) is 0 Å². The Kier molecular flexibility index (Phi) is 6.27. The predicted molar refractivity (Wildman–Crippen MR) is 137 cm³/mol. The van der Waals surface area contributed by atoms with Crippen molar-refractivity contribution in [3.8, 4) is 0 Å². The van der Waals surface area contributed by atoms with Crippen molar-refractivity contribution < 1.29 is 18.4 Å². The Morgan fingerprint density at radius 2 is 1.59 bits per heavy atom. The molecule has 3 N–H and O–H groups in total. The topological polar surface area (TPSA) is 83.6 Å². The molecular formula is C28H31F2N5O2. The Hall–Kier alpha value is -3.72. The maximum Gasteiger partial charge on any atom is 0.268 e. The summed E-state index contributed by atoms with van der Waals surface area (Å²) in [6.07, 6.45) is -0.568.